The molecule has 0 spiro atoms. The molecule has 0 bridgehead atoms. The number of rotatable bonds is 4. The van der Waals surface area contributed by atoms with Crippen LogP contribution in [0.3, 0.4) is 0 Å². The Labute approximate surface area is 118 Å². The summed E-state index contributed by atoms with van der Waals surface area (Å²) in [5.41, 5.74) is 0.344. The van der Waals surface area contributed by atoms with Crippen LogP contribution in [0.15, 0.2) is 0 Å². The second-order valence-electron chi connectivity index (χ2n) is 7.56. The lowest BCUT2D eigenvalue weighted by atomic mass is 9.87. The smallest absolute Gasteiger partial charge is 0.241 e. The minimum absolute atomic E-state index is 0.0115. The summed E-state index contributed by atoms with van der Waals surface area (Å²) in [4.78, 5) is 14.8. The van der Waals surface area contributed by atoms with Gasteiger partial charge in [-0.1, -0.05) is 47.5 Å². The van der Waals surface area contributed by atoms with Gasteiger partial charge in [0.05, 0.1) is 12.2 Å². The lowest BCUT2D eigenvalue weighted by molar-refractivity contribution is -0.132. The van der Waals surface area contributed by atoms with Crippen molar-refractivity contribution in [2.24, 2.45) is 17.3 Å². The van der Waals surface area contributed by atoms with Crippen LogP contribution in [0, 0.1) is 17.3 Å². The van der Waals surface area contributed by atoms with Gasteiger partial charge in [0, 0.05) is 6.54 Å². The Morgan fingerprint density at radius 2 is 1.79 bits per heavy atom. The van der Waals surface area contributed by atoms with E-state index in [0.29, 0.717) is 23.2 Å². The van der Waals surface area contributed by atoms with Crippen molar-refractivity contribution in [2.45, 2.75) is 72.5 Å². The molecule has 3 nitrogen and oxygen atoms in total. The normalized spacial score (nSPS) is 30.9. The molecule has 1 saturated heterocycles. The maximum atomic E-state index is 12.7. The van der Waals surface area contributed by atoms with Crippen molar-refractivity contribution in [1.29, 1.82) is 0 Å². The molecule has 1 saturated carbocycles. The second-order valence-corrected chi connectivity index (χ2v) is 7.56. The van der Waals surface area contributed by atoms with Crippen LogP contribution in [0.4, 0.5) is 0 Å². The molecule has 110 valence electrons. The Kier molecular flexibility index (Phi) is 4.24. The van der Waals surface area contributed by atoms with Crippen molar-refractivity contribution in [3.8, 4) is 0 Å². The molecule has 0 aromatic rings. The van der Waals surface area contributed by atoms with Crippen LogP contribution in [-0.2, 0) is 4.79 Å². The summed E-state index contributed by atoms with van der Waals surface area (Å²) in [6, 6.07) is 0.0115. The highest BCUT2D eigenvalue weighted by molar-refractivity contribution is 5.84. The van der Waals surface area contributed by atoms with E-state index in [0.717, 1.165) is 6.54 Å². The number of carbonyl (C=O) groups is 1. The van der Waals surface area contributed by atoms with Crippen LogP contribution in [0.1, 0.15) is 60.3 Å². The lowest BCUT2D eigenvalue weighted by Crippen LogP contribution is -2.45. The van der Waals surface area contributed by atoms with Gasteiger partial charge >= 0.3 is 0 Å². The van der Waals surface area contributed by atoms with Gasteiger partial charge in [-0.15, -0.1) is 0 Å². The van der Waals surface area contributed by atoms with Crippen molar-refractivity contribution in [3.63, 3.8) is 0 Å². The van der Waals surface area contributed by atoms with Gasteiger partial charge in [0.1, 0.15) is 0 Å². The van der Waals surface area contributed by atoms with E-state index < -0.39 is 0 Å². The van der Waals surface area contributed by atoms with Crippen LogP contribution >= 0.6 is 0 Å². The molecular formula is C16H30N2O. The van der Waals surface area contributed by atoms with Gasteiger partial charge in [-0.05, 0) is 30.1 Å². The highest BCUT2D eigenvalue weighted by Gasteiger charge is 2.44. The maximum absolute atomic E-state index is 12.7. The van der Waals surface area contributed by atoms with E-state index in [1.807, 2.05) is 0 Å². The molecule has 0 aromatic heterocycles. The number of nitrogens with zero attached hydrogens (tertiary/aromatic N) is 1. The second kappa shape index (κ2) is 5.43. The van der Waals surface area contributed by atoms with Crippen LogP contribution in [0.25, 0.3) is 0 Å². The Bertz CT molecular complexity index is 332. The van der Waals surface area contributed by atoms with Crippen LogP contribution < -0.4 is 5.32 Å². The first-order valence-corrected chi connectivity index (χ1v) is 7.90. The molecule has 2 rings (SSSR count). The van der Waals surface area contributed by atoms with Gasteiger partial charge in [0.2, 0.25) is 5.91 Å². The van der Waals surface area contributed by atoms with Crippen molar-refractivity contribution < 1.29 is 4.79 Å². The molecule has 0 radical (unpaired) electrons. The minimum Gasteiger partial charge on any atom is -0.325 e. The summed E-state index contributed by atoms with van der Waals surface area (Å²) in [6.07, 6.45) is 5.41. The van der Waals surface area contributed by atoms with Crippen molar-refractivity contribution >= 4 is 5.91 Å². The Balaban J connectivity index is 2.13. The van der Waals surface area contributed by atoms with E-state index in [4.69, 9.17) is 0 Å². The molecule has 1 aliphatic carbocycles. The van der Waals surface area contributed by atoms with Crippen molar-refractivity contribution in [3.05, 3.63) is 0 Å². The summed E-state index contributed by atoms with van der Waals surface area (Å²) in [6.45, 7) is 12.0. The van der Waals surface area contributed by atoms with Gasteiger partial charge in [-0.2, -0.15) is 0 Å². The van der Waals surface area contributed by atoms with E-state index in [-0.39, 0.29) is 12.2 Å². The number of hydrogen-bond acceptors (Lipinski definition) is 2. The summed E-state index contributed by atoms with van der Waals surface area (Å²) in [5.74, 6) is 1.16. The third kappa shape index (κ3) is 2.96. The summed E-state index contributed by atoms with van der Waals surface area (Å²) in [5, 5.41) is 3.56. The molecule has 1 heterocycles. The molecular weight excluding hydrogens is 236 g/mol. The zero-order chi connectivity index (χ0) is 14.2. The first-order valence-electron chi connectivity index (χ1n) is 7.90. The van der Waals surface area contributed by atoms with Gasteiger partial charge in [0.25, 0.3) is 0 Å². The maximum Gasteiger partial charge on any atom is 0.241 e. The molecule has 2 aliphatic rings. The minimum atomic E-state index is 0.0115. The quantitative estimate of drug-likeness (QED) is 0.848. The summed E-state index contributed by atoms with van der Waals surface area (Å²) in [7, 11) is 0. The Morgan fingerprint density at radius 1 is 1.21 bits per heavy atom. The Hall–Kier alpha value is -0.570. The van der Waals surface area contributed by atoms with Gasteiger partial charge in [0.15, 0.2) is 0 Å². The fourth-order valence-electron chi connectivity index (χ4n) is 3.67. The molecule has 2 fully saturated rings. The number of nitrogens with one attached hydrogen (secondary N) is 1. The van der Waals surface area contributed by atoms with E-state index in [1.54, 1.807) is 0 Å². The third-order valence-corrected chi connectivity index (χ3v) is 4.90. The average molecular weight is 266 g/mol. The lowest BCUT2D eigenvalue weighted by Gasteiger charge is -2.34. The molecule has 0 aromatic carbocycles. The third-order valence-electron chi connectivity index (χ3n) is 4.90. The zero-order valence-corrected chi connectivity index (χ0v) is 13.2. The topological polar surface area (TPSA) is 32.3 Å². The molecule has 1 aliphatic heterocycles. The first-order chi connectivity index (χ1) is 8.84. The SMILES string of the molecule is CC(C)C1NC(C(C)C)N(CC2(C)CCCC2)C1=O. The van der Waals surface area contributed by atoms with Gasteiger partial charge < -0.3 is 4.90 Å². The van der Waals surface area contributed by atoms with Crippen molar-refractivity contribution in [2.75, 3.05) is 6.54 Å². The predicted octanol–water partition coefficient (Wildman–Crippen LogP) is 3.01. The molecule has 3 heteroatoms. The Morgan fingerprint density at radius 3 is 2.26 bits per heavy atom. The highest BCUT2D eigenvalue weighted by Crippen LogP contribution is 2.39. The summed E-state index contributed by atoms with van der Waals surface area (Å²) < 4.78 is 0. The molecule has 19 heavy (non-hydrogen) atoms. The van der Waals surface area contributed by atoms with E-state index in [9.17, 15) is 4.79 Å². The average Bonchev–Trinajstić information content (AvgIpc) is 2.85. The van der Waals surface area contributed by atoms with E-state index >= 15 is 0 Å². The van der Waals surface area contributed by atoms with Crippen molar-refractivity contribution in [1.82, 2.24) is 10.2 Å². The molecule has 2 atom stereocenters. The summed E-state index contributed by atoms with van der Waals surface area (Å²) >= 11 is 0. The van der Waals surface area contributed by atoms with Crippen LogP contribution in [-0.4, -0.2) is 29.6 Å². The zero-order valence-electron chi connectivity index (χ0n) is 13.2. The number of hydrogen-bond donors (Lipinski definition) is 1. The fourth-order valence-corrected chi connectivity index (χ4v) is 3.67. The highest BCUT2D eigenvalue weighted by atomic mass is 16.2. The predicted molar refractivity (Wildman–Crippen MR) is 78.7 cm³/mol. The fraction of sp³-hybridized carbons (Fsp3) is 0.938. The monoisotopic (exact) mass is 266 g/mol. The van der Waals surface area contributed by atoms with Crippen LogP contribution in [0.2, 0.25) is 0 Å². The van der Waals surface area contributed by atoms with E-state index in [1.165, 1.54) is 25.7 Å². The largest absolute Gasteiger partial charge is 0.325 e. The van der Waals surface area contributed by atoms with Gasteiger partial charge in [-0.3, -0.25) is 10.1 Å². The molecule has 1 N–H and O–H groups in total. The molecule has 2 unspecified atom stereocenters. The number of carbonyl (C=O) groups excluding carboxylic acids is 1. The number of amides is 1. The first kappa shape index (κ1) is 14.8. The standard InChI is InChI=1S/C16H30N2O/c1-11(2)13-15(19)18(14(17-13)12(3)4)10-16(5)8-6-7-9-16/h11-14,17H,6-10H2,1-5H3. The van der Waals surface area contributed by atoms with Gasteiger partial charge in [-0.25, -0.2) is 0 Å². The van der Waals surface area contributed by atoms with Crippen LogP contribution in [0.5, 0.6) is 0 Å². The van der Waals surface area contributed by atoms with E-state index in [2.05, 4.69) is 44.8 Å². The molecule has 1 amide bonds.